The average molecular weight is 1900 g/mol. The van der Waals surface area contributed by atoms with Crippen LogP contribution in [0.1, 0.15) is 216 Å². The average Bonchev–Trinajstić information content (AvgIpc) is 3.23. The Balaban J connectivity index is -0.0000000807. The smallest absolute Gasteiger partial charge is 0.161 e. The number of hydrogen-bond acceptors (Lipinski definition) is 10. The molecule has 0 bridgehead atoms. The summed E-state index contributed by atoms with van der Waals surface area (Å²) in [5, 5.41) is 47.2. The van der Waals surface area contributed by atoms with Crippen LogP contribution in [0.2, 0.25) is 0 Å². The molecule has 431 valence electrons. The van der Waals surface area contributed by atoms with Gasteiger partial charge in [-0.3, -0.25) is 24.0 Å². The Morgan fingerprint density at radius 3 is 1.24 bits per heavy atom. The van der Waals surface area contributed by atoms with E-state index < -0.39 is 0 Å². The molecule has 0 aromatic carbocycles. The van der Waals surface area contributed by atoms with Gasteiger partial charge in [0.15, 0.2) is 28.9 Å². The van der Waals surface area contributed by atoms with E-state index in [-0.39, 0.29) is 193 Å². The van der Waals surface area contributed by atoms with Crippen molar-refractivity contribution < 1.29 is 150 Å². The van der Waals surface area contributed by atoms with Gasteiger partial charge in [0.2, 0.25) is 0 Å². The fraction of sp³-hybridized carbons (Fsp3) is 0.732. The third-order valence-electron chi connectivity index (χ3n) is 11.2. The van der Waals surface area contributed by atoms with Crippen LogP contribution >= 0.6 is 0 Å². The first-order chi connectivity index (χ1) is 30.3. The molecule has 0 aromatic rings. The monoisotopic (exact) mass is 1900 g/mol. The Morgan fingerprint density at radius 1 is 0.451 bits per heavy atom. The van der Waals surface area contributed by atoms with Crippen molar-refractivity contribution in [1.29, 1.82) is 0 Å². The predicted molar refractivity (Wildman–Crippen MR) is 278 cm³/mol. The SMILES string of the molecule is CC(C)C(=O)C=C(O)C(C)C(C)C.CCC(=O)C=C(O)C(C)CC.CCC(C)CC(O)=CC(=O)C(C)CC.CCC(C)CCC(O)=CC(=O)C(C)C.CCCC(=O)C=C(O)CCC(C)(C)C.[Ir].[Ir].[Ir].[Ir].[Ir]. The maximum atomic E-state index is 11.4. The zero-order valence-corrected chi connectivity index (χ0v) is 59.4. The standard InChI is InChI=1S/3C12H22O2.C11H20O2.C9H16O2.5Ir/c1-5-10(4)6-7-11(13)8-12(14)9(2)3;1-5-6-10(13)9-11(14)7-8-12(2,3)4;1-5-9(3)7-11(13)8-12(14)10(4)6-2;1-7(2)9(5)11(13)6-10(12)8(3)4;1-4-7(3)9(11)6-8(10)5-2;;;;;/h8-10,13H,5-7H2,1-4H3;9,14H,5-8H2,1-4H3;8-10,13H,5-7H2,1-4H3;6-9,13H,1-5H3;6-7,11H,4-5H2,1-3H3;;;;;. The Bertz CT molecular complexity index is 1530. The number of rotatable bonds is 25. The van der Waals surface area contributed by atoms with Crippen molar-refractivity contribution in [3.63, 3.8) is 0 Å². The van der Waals surface area contributed by atoms with E-state index in [0.717, 1.165) is 44.9 Å². The van der Waals surface area contributed by atoms with Gasteiger partial charge in [-0.25, -0.2) is 0 Å². The predicted octanol–water partition coefficient (Wildman–Crippen LogP) is 16.0. The molecule has 10 nitrogen and oxygen atoms in total. The Morgan fingerprint density at radius 2 is 0.873 bits per heavy atom. The van der Waals surface area contributed by atoms with Crippen LogP contribution in [-0.2, 0) is 124 Å². The molecule has 0 spiro atoms. The number of carbonyl (C=O) groups is 5. The van der Waals surface area contributed by atoms with E-state index in [1.165, 1.54) is 30.4 Å². The van der Waals surface area contributed by atoms with Crippen LogP contribution in [0.15, 0.2) is 59.2 Å². The van der Waals surface area contributed by atoms with E-state index in [0.29, 0.717) is 49.9 Å². The number of allylic oxidation sites excluding steroid dienone is 10. The van der Waals surface area contributed by atoms with Crippen molar-refractivity contribution in [3.05, 3.63) is 59.2 Å². The molecule has 15 heteroatoms. The summed E-state index contributed by atoms with van der Waals surface area (Å²) < 4.78 is 0. The minimum Gasteiger partial charge on any atom is -0.512 e. The van der Waals surface area contributed by atoms with E-state index in [4.69, 9.17) is 0 Å². The Labute approximate surface area is 502 Å². The quantitative estimate of drug-likeness (QED) is 0.0435. The second kappa shape index (κ2) is 55.5. The Kier molecular flexibility index (Phi) is 72.6. The minimum absolute atomic E-state index is 0. The van der Waals surface area contributed by atoms with E-state index in [1.54, 1.807) is 6.92 Å². The van der Waals surface area contributed by atoms with Gasteiger partial charge in [0, 0.05) is 193 Å². The Hall–Kier alpha value is -0.703. The summed E-state index contributed by atoms with van der Waals surface area (Å²) in [5.41, 5.74) is 0.204. The summed E-state index contributed by atoms with van der Waals surface area (Å²) in [6.45, 7) is 39.5. The molecule has 71 heavy (non-hydrogen) atoms. The fourth-order valence-electron chi connectivity index (χ4n) is 4.55. The van der Waals surface area contributed by atoms with Crippen molar-refractivity contribution in [1.82, 2.24) is 0 Å². The van der Waals surface area contributed by atoms with Crippen LogP contribution < -0.4 is 0 Å². The first kappa shape index (κ1) is 92.8. The molecule has 0 aliphatic carbocycles. The molecular formula is C56H102Ir5O10. The summed E-state index contributed by atoms with van der Waals surface area (Å²) in [7, 11) is 0. The van der Waals surface area contributed by atoms with Gasteiger partial charge < -0.3 is 25.5 Å². The summed E-state index contributed by atoms with van der Waals surface area (Å²) in [6.07, 6.45) is 16.1. The summed E-state index contributed by atoms with van der Waals surface area (Å²) in [5.74, 6) is 2.66. The normalized spacial score (nSPS) is 13.7. The topological polar surface area (TPSA) is 186 Å². The summed E-state index contributed by atoms with van der Waals surface area (Å²) in [6, 6.07) is 0. The molecule has 0 aliphatic rings. The van der Waals surface area contributed by atoms with Crippen LogP contribution in [0.25, 0.3) is 0 Å². The molecule has 0 saturated carbocycles. The van der Waals surface area contributed by atoms with Gasteiger partial charge in [0.25, 0.3) is 0 Å². The van der Waals surface area contributed by atoms with Crippen molar-refractivity contribution in [3.8, 4) is 0 Å². The fourth-order valence-corrected chi connectivity index (χ4v) is 4.55. The van der Waals surface area contributed by atoms with Gasteiger partial charge in [-0.05, 0) is 55.3 Å². The van der Waals surface area contributed by atoms with Crippen LogP contribution in [0.4, 0.5) is 0 Å². The van der Waals surface area contributed by atoms with Crippen LogP contribution in [0.3, 0.4) is 0 Å². The van der Waals surface area contributed by atoms with Gasteiger partial charge in [0.1, 0.15) is 0 Å². The van der Waals surface area contributed by atoms with Crippen molar-refractivity contribution in [2.24, 2.45) is 52.8 Å². The van der Waals surface area contributed by atoms with Crippen molar-refractivity contribution in [2.45, 2.75) is 216 Å². The maximum Gasteiger partial charge on any atom is 0.161 e. The zero-order chi connectivity index (χ0) is 52.9. The summed E-state index contributed by atoms with van der Waals surface area (Å²) in [4.78, 5) is 55.8. The molecule has 0 fully saturated rings. The van der Waals surface area contributed by atoms with E-state index in [2.05, 4.69) is 48.5 Å². The van der Waals surface area contributed by atoms with Gasteiger partial charge in [-0.15, -0.1) is 0 Å². The molecule has 0 heterocycles. The largest absolute Gasteiger partial charge is 0.512 e. The molecule has 5 N–H and O–H groups in total. The molecule has 0 amide bonds. The van der Waals surface area contributed by atoms with Crippen LogP contribution in [0, 0.1) is 52.8 Å². The minimum atomic E-state index is -0.0403. The number of carbonyl (C=O) groups excluding carboxylic acids is 5. The maximum absolute atomic E-state index is 11.4. The molecule has 5 atom stereocenters. The number of ketones is 5. The molecule has 5 unspecified atom stereocenters. The van der Waals surface area contributed by atoms with Gasteiger partial charge in [-0.2, -0.15) is 0 Å². The number of aliphatic hydroxyl groups is 5. The van der Waals surface area contributed by atoms with E-state index in [9.17, 15) is 49.5 Å². The zero-order valence-electron chi connectivity index (χ0n) is 47.4. The van der Waals surface area contributed by atoms with Crippen molar-refractivity contribution >= 4 is 28.9 Å². The number of aliphatic hydroxyl groups excluding tert-OH is 5. The molecule has 0 saturated heterocycles. The molecule has 0 aromatic heterocycles. The van der Waals surface area contributed by atoms with Crippen LogP contribution in [0.5, 0.6) is 0 Å². The third kappa shape index (κ3) is 61.7. The number of hydrogen-bond donors (Lipinski definition) is 5. The van der Waals surface area contributed by atoms with Crippen LogP contribution in [-0.4, -0.2) is 54.4 Å². The molecule has 0 rings (SSSR count). The van der Waals surface area contributed by atoms with Gasteiger partial charge in [-0.1, -0.05) is 151 Å². The first-order valence-corrected chi connectivity index (χ1v) is 25.0. The molecule has 5 radical (unpaired) electrons. The molecule has 0 aliphatic heterocycles. The molecular weight excluding hydrogens is 1790 g/mol. The van der Waals surface area contributed by atoms with E-state index >= 15 is 0 Å². The van der Waals surface area contributed by atoms with Gasteiger partial charge >= 0.3 is 0 Å². The van der Waals surface area contributed by atoms with Gasteiger partial charge in [0.05, 0.1) is 28.8 Å². The second-order valence-corrected chi connectivity index (χ2v) is 20.1. The third-order valence-corrected chi connectivity index (χ3v) is 11.2. The second-order valence-electron chi connectivity index (χ2n) is 20.1. The van der Waals surface area contributed by atoms with E-state index in [1.807, 2.05) is 83.1 Å². The summed E-state index contributed by atoms with van der Waals surface area (Å²) >= 11 is 0. The first-order valence-electron chi connectivity index (χ1n) is 25.0. The van der Waals surface area contributed by atoms with Crippen molar-refractivity contribution in [2.75, 3.05) is 0 Å².